The molecule has 3 aromatic rings. The van der Waals surface area contributed by atoms with E-state index in [0.29, 0.717) is 35.8 Å². The van der Waals surface area contributed by atoms with Crippen LogP contribution in [0.1, 0.15) is 50.5 Å². The molecule has 10 heteroatoms. The van der Waals surface area contributed by atoms with Gasteiger partial charge in [0, 0.05) is 31.9 Å². The Morgan fingerprint density at radius 1 is 1.13 bits per heavy atom. The lowest BCUT2D eigenvalue weighted by Gasteiger charge is -2.32. The van der Waals surface area contributed by atoms with Crippen LogP contribution in [0.5, 0.6) is 11.5 Å². The zero-order valence-corrected chi connectivity index (χ0v) is 22.3. The molecule has 0 unspecified atom stereocenters. The normalized spacial score (nSPS) is 14.6. The number of rotatable bonds is 9. The van der Waals surface area contributed by atoms with Crippen LogP contribution >= 0.6 is 0 Å². The number of nitrogens with zero attached hydrogens (tertiary/aromatic N) is 3. The van der Waals surface area contributed by atoms with Crippen molar-refractivity contribution in [2.75, 3.05) is 32.1 Å². The molecule has 4 rings (SSSR count). The molecule has 2 N–H and O–H groups in total. The minimum Gasteiger partial charge on any atom is -0.494 e. The molecule has 202 valence electrons. The Balaban J connectivity index is 1.29. The fourth-order valence-corrected chi connectivity index (χ4v) is 4.23. The Morgan fingerprint density at radius 2 is 1.92 bits per heavy atom. The van der Waals surface area contributed by atoms with Crippen molar-refractivity contribution in [1.29, 1.82) is 0 Å². The molecule has 0 saturated carbocycles. The number of nitrogens with one attached hydrogen (secondary N) is 2. The fraction of sp³-hybridized carbons (Fsp3) is 0.429. The number of likely N-dealkylation sites (tertiary alicyclic amines) is 1. The van der Waals surface area contributed by atoms with E-state index in [9.17, 15) is 9.59 Å². The first-order valence-electron chi connectivity index (χ1n) is 12.8. The molecule has 1 fully saturated rings. The summed E-state index contributed by atoms with van der Waals surface area (Å²) in [5.74, 6) is 0.648. The highest BCUT2D eigenvalue weighted by atomic mass is 16.6. The van der Waals surface area contributed by atoms with E-state index in [-0.39, 0.29) is 23.7 Å². The number of benzene rings is 1. The number of esters is 1. The van der Waals surface area contributed by atoms with Gasteiger partial charge in [-0.2, -0.15) is 5.10 Å². The van der Waals surface area contributed by atoms with Gasteiger partial charge in [0.1, 0.15) is 28.9 Å². The summed E-state index contributed by atoms with van der Waals surface area (Å²) in [5, 5.41) is 9.65. The molecule has 2 aromatic heterocycles. The zero-order valence-electron chi connectivity index (χ0n) is 22.3. The van der Waals surface area contributed by atoms with Crippen LogP contribution in [0, 0.1) is 0 Å². The molecule has 0 aliphatic carbocycles. The van der Waals surface area contributed by atoms with E-state index in [1.807, 2.05) is 32.9 Å². The number of hydrogen-bond acceptors (Lipinski definition) is 8. The molecule has 1 aliphatic rings. The van der Waals surface area contributed by atoms with Gasteiger partial charge in [0.2, 0.25) is 0 Å². The third kappa shape index (κ3) is 7.55. The molecule has 38 heavy (non-hydrogen) atoms. The Bertz CT molecular complexity index is 1230. The van der Waals surface area contributed by atoms with Gasteiger partial charge in [-0.25, -0.2) is 4.98 Å². The van der Waals surface area contributed by atoms with E-state index < -0.39 is 5.60 Å². The van der Waals surface area contributed by atoms with Crippen LogP contribution in [0.4, 0.5) is 5.69 Å². The van der Waals surface area contributed by atoms with Crippen molar-refractivity contribution in [1.82, 2.24) is 20.1 Å². The van der Waals surface area contributed by atoms with Crippen LogP contribution in [-0.4, -0.2) is 70.4 Å². The molecular formula is C28H35N5O5. The van der Waals surface area contributed by atoms with Gasteiger partial charge >= 0.3 is 5.97 Å². The van der Waals surface area contributed by atoms with Gasteiger partial charge in [-0.1, -0.05) is 6.07 Å². The summed E-state index contributed by atoms with van der Waals surface area (Å²) in [6, 6.07) is 12.4. The van der Waals surface area contributed by atoms with Crippen LogP contribution < -0.4 is 14.8 Å². The van der Waals surface area contributed by atoms with Crippen LogP contribution in [0.15, 0.2) is 48.7 Å². The highest BCUT2D eigenvalue weighted by Crippen LogP contribution is 2.31. The molecule has 3 heterocycles. The van der Waals surface area contributed by atoms with Gasteiger partial charge < -0.3 is 24.4 Å². The summed E-state index contributed by atoms with van der Waals surface area (Å²) in [5.41, 5.74) is 1.70. The van der Waals surface area contributed by atoms with E-state index in [1.54, 1.807) is 43.6 Å². The van der Waals surface area contributed by atoms with Gasteiger partial charge in [-0.05, 0) is 63.9 Å². The number of anilines is 1. The summed E-state index contributed by atoms with van der Waals surface area (Å²) in [6.45, 7) is 8.02. The second-order valence-electron chi connectivity index (χ2n) is 10.2. The van der Waals surface area contributed by atoms with E-state index in [2.05, 4.69) is 25.4 Å². The average Bonchev–Trinajstić information content (AvgIpc) is 3.43. The van der Waals surface area contributed by atoms with Crippen molar-refractivity contribution in [2.24, 2.45) is 0 Å². The first kappa shape index (κ1) is 27.1. The summed E-state index contributed by atoms with van der Waals surface area (Å²) in [4.78, 5) is 31.6. The van der Waals surface area contributed by atoms with E-state index in [1.165, 1.54) is 0 Å². The second-order valence-corrected chi connectivity index (χ2v) is 10.2. The molecule has 1 saturated heterocycles. The summed E-state index contributed by atoms with van der Waals surface area (Å²) in [6.07, 6.45) is 3.79. The van der Waals surface area contributed by atoms with Gasteiger partial charge in [0.25, 0.3) is 5.91 Å². The predicted molar refractivity (Wildman–Crippen MR) is 143 cm³/mol. The standard InChI is InChI=1S/C28H35N5O5/c1-28(2,3)38-26(34)13-17-33-15-11-19(12-16-33)37-20-8-9-23(25(18-20)36-4)31-27(35)24-7-5-6-21(30-24)22-10-14-29-32-22/h5-10,14,18-19H,11-13,15-17H2,1-4H3,(H,29,32)(H,31,35). The third-order valence-electron chi connectivity index (χ3n) is 6.07. The second kappa shape index (κ2) is 12.1. The molecule has 0 spiro atoms. The highest BCUT2D eigenvalue weighted by molar-refractivity contribution is 6.04. The number of pyridine rings is 1. The van der Waals surface area contributed by atoms with Crippen LogP contribution in [0.25, 0.3) is 11.4 Å². The smallest absolute Gasteiger partial charge is 0.307 e. The molecule has 1 amide bonds. The number of hydrogen-bond donors (Lipinski definition) is 2. The van der Waals surface area contributed by atoms with E-state index >= 15 is 0 Å². The third-order valence-corrected chi connectivity index (χ3v) is 6.07. The minimum absolute atomic E-state index is 0.0624. The minimum atomic E-state index is -0.458. The first-order chi connectivity index (χ1) is 18.2. The molecule has 1 aromatic carbocycles. The summed E-state index contributed by atoms with van der Waals surface area (Å²) in [7, 11) is 1.55. The van der Waals surface area contributed by atoms with Crippen molar-refractivity contribution in [2.45, 2.75) is 51.7 Å². The van der Waals surface area contributed by atoms with E-state index in [0.717, 1.165) is 31.6 Å². The maximum atomic E-state index is 12.9. The summed E-state index contributed by atoms with van der Waals surface area (Å²) < 4.78 is 17.1. The number of piperidine rings is 1. The van der Waals surface area contributed by atoms with Crippen molar-refractivity contribution >= 4 is 17.6 Å². The van der Waals surface area contributed by atoms with Crippen molar-refractivity contribution in [3.8, 4) is 22.9 Å². The fourth-order valence-electron chi connectivity index (χ4n) is 4.23. The molecule has 1 aliphatic heterocycles. The van der Waals surface area contributed by atoms with Crippen molar-refractivity contribution < 1.29 is 23.8 Å². The number of amides is 1. The Kier molecular flexibility index (Phi) is 8.62. The topological polar surface area (TPSA) is 119 Å². The number of aromatic nitrogens is 3. The van der Waals surface area contributed by atoms with Crippen LogP contribution in [0.2, 0.25) is 0 Å². The Labute approximate surface area is 222 Å². The van der Waals surface area contributed by atoms with Crippen molar-refractivity contribution in [3.05, 3.63) is 54.4 Å². The lowest BCUT2D eigenvalue weighted by atomic mass is 10.1. The van der Waals surface area contributed by atoms with Crippen LogP contribution in [0.3, 0.4) is 0 Å². The quantitative estimate of drug-likeness (QED) is 0.400. The van der Waals surface area contributed by atoms with E-state index in [4.69, 9.17) is 14.2 Å². The maximum absolute atomic E-state index is 12.9. The number of ether oxygens (including phenoxy) is 3. The lowest BCUT2D eigenvalue weighted by molar-refractivity contribution is -0.155. The lowest BCUT2D eigenvalue weighted by Crippen LogP contribution is -2.39. The molecular weight excluding hydrogens is 486 g/mol. The van der Waals surface area contributed by atoms with Crippen LogP contribution in [-0.2, 0) is 9.53 Å². The predicted octanol–water partition coefficient (Wildman–Crippen LogP) is 4.31. The monoisotopic (exact) mass is 521 g/mol. The van der Waals surface area contributed by atoms with Gasteiger partial charge in [-0.3, -0.25) is 14.7 Å². The first-order valence-corrected chi connectivity index (χ1v) is 12.8. The Hall–Kier alpha value is -3.92. The summed E-state index contributed by atoms with van der Waals surface area (Å²) >= 11 is 0. The van der Waals surface area contributed by atoms with Gasteiger partial charge in [-0.15, -0.1) is 0 Å². The number of carbonyl (C=O) groups excluding carboxylic acids is 2. The Morgan fingerprint density at radius 3 is 2.61 bits per heavy atom. The molecule has 0 radical (unpaired) electrons. The van der Waals surface area contributed by atoms with Crippen molar-refractivity contribution in [3.63, 3.8) is 0 Å². The zero-order chi connectivity index (χ0) is 27.1. The average molecular weight is 522 g/mol. The SMILES string of the molecule is COc1cc(OC2CCN(CCC(=O)OC(C)(C)C)CC2)ccc1NC(=O)c1cccc(-c2ccn[nH]2)n1. The number of methoxy groups -OCH3 is 1. The highest BCUT2D eigenvalue weighted by Gasteiger charge is 2.23. The largest absolute Gasteiger partial charge is 0.494 e. The number of aromatic amines is 1. The number of carbonyl (C=O) groups is 2. The van der Waals surface area contributed by atoms with Gasteiger partial charge in [0.15, 0.2) is 0 Å². The van der Waals surface area contributed by atoms with Gasteiger partial charge in [0.05, 0.1) is 30.6 Å². The maximum Gasteiger partial charge on any atom is 0.307 e. The molecule has 0 atom stereocenters. The molecule has 0 bridgehead atoms. The number of H-pyrrole nitrogens is 1. The molecule has 10 nitrogen and oxygen atoms in total.